The van der Waals surface area contributed by atoms with Crippen LogP contribution in [0, 0.1) is 0 Å². The molecule has 0 aliphatic rings. The SMILES string of the molecule is CCCCc1ccc(NCCC(C)c2ccccc2)cc1. The Kier molecular flexibility index (Phi) is 6.33. The van der Waals surface area contributed by atoms with Crippen LogP contribution in [0.25, 0.3) is 0 Å². The van der Waals surface area contributed by atoms with Crippen LogP contribution in [0.5, 0.6) is 0 Å². The predicted molar refractivity (Wildman–Crippen MR) is 93.0 cm³/mol. The van der Waals surface area contributed by atoms with Crippen LogP contribution in [0.15, 0.2) is 54.6 Å². The lowest BCUT2D eigenvalue weighted by molar-refractivity contribution is 0.706. The van der Waals surface area contributed by atoms with Crippen LogP contribution in [-0.4, -0.2) is 6.54 Å². The van der Waals surface area contributed by atoms with Gasteiger partial charge >= 0.3 is 0 Å². The van der Waals surface area contributed by atoms with Gasteiger partial charge in [0.2, 0.25) is 0 Å². The smallest absolute Gasteiger partial charge is 0.0340 e. The van der Waals surface area contributed by atoms with Crippen molar-refractivity contribution >= 4 is 5.69 Å². The Morgan fingerprint density at radius 2 is 1.67 bits per heavy atom. The van der Waals surface area contributed by atoms with Crippen molar-refractivity contribution in [3.8, 4) is 0 Å². The lowest BCUT2D eigenvalue weighted by atomic mass is 9.98. The molecule has 1 heteroatoms. The first-order valence-corrected chi connectivity index (χ1v) is 8.17. The zero-order valence-corrected chi connectivity index (χ0v) is 13.3. The molecular weight excluding hydrogens is 254 g/mol. The molecule has 0 spiro atoms. The van der Waals surface area contributed by atoms with E-state index in [0.717, 1.165) is 13.0 Å². The van der Waals surface area contributed by atoms with E-state index < -0.39 is 0 Å². The van der Waals surface area contributed by atoms with Crippen LogP contribution in [0.3, 0.4) is 0 Å². The van der Waals surface area contributed by atoms with Gasteiger partial charge < -0.3 is 5.32 Å². The normalized spacial score (nSPS) is 12.1. The number of anilines is 1. The van der Waals surface area contributed by atoms with Crippen molar-refractivity contribution in [3.63, 3.8) is 0 Å². The number of aryl methyl sites for hydroxylation is 1. The van der Waals surface area contributed by atoms with E-state index >= 15 is 0 Å². The molecule has 2 aromatic rings. The van der Waals surface area contributed by atoms with Gasteiger partial charge in [-0.05, 0) is 48.4 Å². The summed E-state index contributed by atoms with van der Waals surface area (Å²) in [6.45, 7) is 5.55. The number of benzene rings is 2. The van der Waals surface area contributed by atoms with Gasteiger partial charge in [0.1, 0.15) is 0 Å². The third kappa shape index (κ3) is 5.26. The Bertz CT molecular complexity index is 501. The van der Waals surface area contributed by atoms with Crippen molar-refractivity contribution < 1.29 is 0 Å². The van der Waals surface area contributed by atoms with E-state index in [0.29, 0.717) is 5.92 Å². The highest BCUT2D eigenvalue weighted by molar-refractivity contribution is 5.44. The van der Waals surface area contributed by atoms with Crippen molar-refractivity contribution in [1.29, 1.82) is 0 Å². The molecule has 2 aromatic carbocycles. The third-order valence-electron chi connectivity index (χ3n) is 4.05. The molecule has 2 rings (SSSR count). The molecule has 0 saturated carbocycles. The van der Waals surface area contributed by atoms with Crippen LogP contribution in [0.4, 0.5) is 5.69 Å². The summed E-state index contributed by atoms with van der Waals surface area (Å²) in [5.74, 6) is 0.600. The van der Waals surface area contributed by atoms with E-state index in [1.54, 1.807) is 0 Å². The van der Waals surface area contributed by atoms with Crippen LogP contribution in [-0.2, 0) is 6.42 Å². The second-order valence-corrected chi connectivity index (χ2v) is 5.83. The first-order chi connectivity index (χ1) is 10.3. The van der Waals surface area contributed by atoms with Crippen LogP contribution in [0.1, 0.15) is 50.2 Å². The van der Waals surface area contributed by atoms with Crippen molar-refractivity contribution in [2.45, 2.75) is 45.4 Å². The van der Waals surface area contributed by atoms with E-state index in [1.807, 2.05) is 0 Å². The van der Waals surface area contributed by atoms with Gasteiger partial charge in [-0.25, -0.2) is 0 Å². The van der Waals surface area contributed by atoms with Gasteiger partial charge in [0, 0.05) is 12.2 Å². The van der Waals surface area contributed by atoms with E-state index in [1.165, 1.54) is 36.1 Å². The molecule has 112 valence electrons. The number of nitrogens with one attached hydrogen (secondary N) is 1. The van der Waals surface area contributed by atoms with Crippen LogP contribution in [0.2, 0.25) is 0 Å². The van der Waals surface area contributed by atoms with Gasteiger partial charge in [0.25, 0.3) is 0 Å². The van der Waals surface area contributed by atoms with Gasteiger partial charge in [0.15, 0.2) is 0 Å². The summed E-state index contributed by atoms with van der Waals surface area (Å²) in [5, 5.41) is 3.53. The molecule has 0 aliphatic carbocycles. The van der Waals surface area contributed by atoms with E-state index in [-0.39, 0.29) is 0 Å². The number of rotatable bonds is 8. The molecule has 1 nitrogen and oxygen atoms in total. The first-order valence-electron chi connectivity index (χ1n) is 8.17. The minimum absolute atomic E-state index is 0.600. The summed E-state index contributed by atoms with van der Waals surface area (Å²) < 4.78 is 0. The van der Waals surface area contributed by atoms with Crippen molar-refractivity contribution in [2.24, 2.45) is 0 Å². The standard InChI is InChI=1S/C20H27N/c1-3-4-8-18-11-13-20(14-12-18)21-16-15-17(2)19-9-6-5-7-10-19/h5-7,9-14,17,21H,3-4,8,15-16H2,1-2H3. The zero-order chi connectivity index (χ0) is 14.9. The molecule has 21 heavy (non-hydrogen) atoms. The summed E-state index contributed by atoms with van der Waals surface area (Å²) in [6.07, 6.45) is 4.89. The summed E-state index contributed by atoms with van der Waals surface area (Å²) in [7, 11) is 0. The summed E-state index contributed by atoms with van der Waals surface area (Å²) >= 11 is 0. The summed E-state index contributed by atoms with van der Waals surface area (Å²) in [6, 6.07) is 19.7. The number of hydrogen-bond acceptors (Lipinski definition) is 1. The van der Waals surface area contributed by atoms with Crippen molar-refractivity contribution in [3.05, 3.63) is 65.7 Å². The lowest BCUT2D eigenvalue weighted by Gasteiger charge is -2.13. The maximum Gasteiger partial charge on any atom is 0.0340 e. The van der Waals surface area contributed by atoms with Gasteiger partial charge in [-0.3, -0.25) is 0 Å². The molecule has 0 aromatic heterocycles. The Hall–Kier alpha value is -1.76. The topological polar surface area (TPSA) is 12.0 Å². The fourth-order valence-corrected chi connectivity index (χ4v) is 2.55. The molecule has 0 bridgehead atoms. The average molecular weight is 281 g/mol. The average Bonchev–Trinajstić information content (AvgIpc) is 2.55. The van der Waals surface area contributed by atoms with Gasteiger partial charge in [-0.1, -0.05) is 62.7 Å². The highest BCUT2D eigenvalue weighted by Crippen LogP contribution is 2.19. The molecule has 0 heterocycles. The monoisotopic (exact) mass is 281 g/mol. The Balaban J connectivity index is 1.75. The molecule has 0 radical (unpaired) electrons. The predicted octanol–water partition coefficient (Wildman–Crippen LogP) is 5.63. The molecule has 1 atom stereocenters. The fourth-order valence-electron chi connectivity index (χ4n) is 2.55. The van der Waals surface area contributed by atoms with Gasteiger partial charge in [0.05, 0.1) is 0 Å². The van der Waals surface area contributed by atoms with E-state index in [9.17, 15) is 0 Å². The molecule has 0 amide bonds. The Morgan fingerprint density at radius 3 is 2.33 bits per heavy atom. The number of hydrogen-bond donors (Lipinski definition) is 1. The van der Waals surface area contributed by atoms with Crippen LogP contribution < -0.4 is 5.32 Å². The summed E-state index contributed by atoms with van der Waals surface area (Å²) in [4.78, 5) is 0. The molecular formula is C20H27N. The zero-order valence-electron chi connectivity index (χ0n) is 13.3. The van der Waals surface area contributed by atoms with Crippen molar-refractivity contribution in [2.75, 3.05) is 11.9 Å². The largest absolute Gasteiger partial charge is 0.385 e. The molecule has 1 N–H and O–H groups in total. The molecule has 1 unspecified atom stereocenters. The second kappa shape index (κ2) is 8.51. The minimum atomic E-state index is 0.600. The lowest BCUT2D eigenvalue weighted by Crippen LogP contribution is -2.05. The second-order valence-electron chi connectivity index (χ2n) is 5.83. The highest BCUT2D eigenvalue weighted by atomic mass is 14.9. The minimum Gasteiger partial charge on any atom is -0.385 e. The van der Waals surface area contributed by atoms with Gasteiger partial charge in [-0.15, -0.1) is 0 Å². The molecule has 0 aliphatic heterocycles. The van der Waals surface area contributed by atoms with Crippen molar-refractivity contribution in [1.82, 2.24) is 0 Å². The number of unbranched alkanes of at least 4 members (excludes halogenated alkanes) is 1. The Morgan fingerprint density at radius 1 is 0.952 bits per heavy atom. The van der Waals surface area contributed by atoms with E-state index in [4.69, 9.17) is 0 Å². The van der Waals surface area contributed by atoms with E-state index in [2.05, 4.69) is 73.8 Å². The van der Waals surface area contributed by atoms with Crippen LogP contribution >= 0.6 is 0 Å². The summed E-state index contributed by atoms with van der Waals surface area (Å²) in [5.41, 5.74) is 4.10. The fraction of sp³-hybridized carbons (Fsp3) is 0.400. The highest BCUT2D eigenvalue weighted by Gasteiger charge is 2.04. The van der Waals surface area contributed by atoms with Gasteiger partial charge in [-0.2, -0.15) is 0 Å². The third-order valence-corrected chi connectivity index (χ3v) is 4.05. The molecule has 0 saturated heterocycles. The quantitative estimate of drug-likeness (QED) is 0.660. The maximum absolute atomic E-state index is 3.53. The maximum atomic E-state index is 3.53. The molecule has 0 fully saturated rings. The Labute approximate surface area is 129 Å². The first kappa shape index (κ1) is 15.6.